The molecule has 0 atom stereocenters. The summed E-state index contributed by atoms with van der Waals surface area (Å²) in [6.07, 6.45) is 0. The van der Waals surface area contributed by atoms with Crippen LogP contribution in [0.4, 0.5) is 0 Å². The van der Waals surface area contributed by atoms with Crippen molar-refractivity contribution in [2.24, 2.45) is 0 Å². The molecule has 0 saturated heterocycles. The smallest absolute Gasteiger partial charge is 0.753 e. The van der Waals surface area contributed by atoms with Crippen LogP contribution in [0.3, 0.4) is 0 Å². The first kappa shape index (κ1) is 57.5. The minimum Gasteiger partial charge on any atom is -0.753 e. The molecule has 0 aromatic rings. The van der Waals surface area contributed by atoms with E-state index in [1.807, 2.05) is 0 Å². The summed E-state index contributed by atoms with van der Waals surface area (Å²) < 4.78 is 0. The Hall–Kier alpha value is -0.388. The van der Waals surface area contributed by atoms with Crippen LogP contribution >= 0.6 is 48.9 Å². The molecule has 1 radical (unpaired) electrons. The van der Waals surface area contributed by atoms with Crippen molar-refractivity contribution in [3.05, 3.63) is 33.9 Å². The monoisotopic (exact) mass is 334 g/mol. The quantitative estimate of drug-likeness (QED) is 0.505. The molecular weight excluding hydrogens is 326 g/mol. The van der Waals surface area contributed by atoms with Crippen molar-refractivity contribution in [3.63, 3.8) is 0 Å². The van der Waals surface area contributed by atoms with E-state index in [9.17, 15) is 0 Å². The van der Waals surface area contributed by atoms with Gasteiger partial charge in [-0.2, -0.15) is 20.6 Å². The number of nitrogens with zero attached hydrogens (tertiary/aromatic N) is 4. The van der Waals surface area contributed by atoms with Crippen LogP contribution in [0.1, 0.15) is 0 Å². The van der Waals surface area contributed by atoms with Crippen LogP contribution in [-0.4, -0.2) is 20.6 Å². The molecular formula is C4H8CrN7S4. The fraction of sp³-hybridized carbons (Fsp3) is 0. The fourth-order valence-electron chi connectivity index (χ4n) is 0. The number of hydrogen-bond acceptors (Lipinski definition) is 4. The van der Waals surface area contributed by atoms with Crippen molar-refractivity contribution >= 4 is 69.5 Å². The maximum Gasteiger partial charge on any atom is 5.00 e. The molecule has 0 amide bonds. The molecule has 7 nitrogen and oxygen atoms in total. The van der Waals surface area contributed by atoms with Crippen LogP contribution in [-0.2, 0) is 17.4 Å². The van der Waals surface area contributed by atoms with E-state index in [0.717, 1.165) is 0 Å². The molecule has 0 aliphatic rings. The van der Waals surface area contributed by atoms with Crippen molar-refractivity contribution in [1.29, 1.82) is 0 Å². The van der Waals surface area contributed by atoms with Crippen molar-refractivity contribution in [3.8, 4) is 0 Å². The van der Waals surface area contributed by atoms with Crippen LogP contribution in [0.2, 0.25) is 0 Å². The van der Waals surface area contributed by atoms with Crippen LogP contribution in [0.5, 0.6) is 0 Å². The Balaban J connectivity index is -0.00000000821. The summed E-state index contributed by atoms with van der Waals surface area (Å²) in [5.74, 6) is 0. The van der Waals surface area contributed by atoms with E-state index in [-0.39, 0.29) is 35.8 Å². The molecule has 0 heterocycles. The van der Waals surface area contributed by atoms with Crippen LogP contribution < -0.4 is 6.15 Å². The number of rotatable bonds is 0. The topological polar surface area (TPSA) is 193 Å². The van der Waals surface area contributed by atoms with Gasteiger partial charge in [0.25, 0.3) is 0 Å². The molecule has 12 heteroatoms. The van der Waals surface area contributed by atoms with E-state index in [1.54, 1.807) is 0 Å². The van der Waals surface area contributed by atoms with Crippen molar-refractivity contribution in [2.45, 2.75) is 0 Å². The maximum atomic E-state index is 7.13. The number of hydrogen-bond donors (Lipinski definition) is 1. The summed E-state index contributed by atoms with van der Waals surface area (Å²) in [6.45, 7) is 0. The second-order valence-corrected chi connectivity index (χ2v) is 1.10. The molecule has 0 aliphatic carbocycles. The van der Waals surface area contributed by atoms with E-state index in [4.69, 9.17) is 21.6 Å². The fourth-order valence-corrected chi connectivity index (χ4v) is 0. The van der Waals surface area contributed by atoms with Crippen molar-refractivity contribution in [2.75, 3.05) is 0 Å². The van der Waals surface area contributed by atoms with Gasteiger partial charge in [0.05, 0.1) is 0 Å². The molecule has 0 saturated carbocycles. The molecule has 8 N–H and O–H groups in total. The van der Waals surface area contributed by atoms with E-state index in [0.29, 0.717) is 0 Å². The molecule has 89 valence electrons. The Morgan fingerprint density at radius 3 is 0.562 bits per heavy atom. The average Bonchev–Trinajstić information content (AvgIpc) is 1.92. The third-order valence-corrected chi connectivity index (χ3v) is 0. The van der Waals surface area contributed by atoms with Gasteiger partial charge in [-0.05, 0) is 0 Å². The maximum absolute atomic E-state index is 7.13. The van der Waals surface area contributed by atoms with Gasteiger partial charge in [-0.3, -0.25) is 0 Å². The molecule has 0 unspecified atom stereocenters. The van der Waals surface area contributed by atoms with Gasteiger partial charge in [-0.15, -0.1) is 0 Å². The normalized spacial score (nSPS) is 2.00. The summed E-state index contributed by atoms with van der Waals surface area (Å²) in [6, 6.07) is 0. The summed E-state index contributed by atoms with van der Waals surface area (Å²) in [4.78, 5) is 0. The Labute approximate surface area is 126 Å². The Kier molecular flexibility index (Phi) is 746. The third kappa shape index (κ3) is 14400. The van der Waals surface area contributed by atoms with E-state index >= 15 is 0 Å². The molecule has 0 aromatic carbocycles. The van der Waals surface area contributed by atoms with Gasteiger partial charge in [0.1, 0.15) is 0 Å². The van der Waals surface area contributed by atoms with Crippen molar-refractivity contribution in [1.82, 2.24) is 6.15 Å². The standard InChI is InChI=1S/4CNS.Cr.H3N.2H2N/c4*2-1-3;;;;/h;;;;;1H3;2*1H2/q4*-1;+5;;2*-1/p+1. The Morgan fingerprint density at radius 1 is 0.562 bits per heavy atom. The summed E-state index contributed by atoms with van der Waals surface area (Å²) >= 11 is 14.8. The van der Waals surface area contributed by atoms with Gasteiger partial charge in [0.2, 0.25) is 0 Å². The Morgan fingerprint density at radius 2 is 0.562 bits per heavy atom. The molecule has 0 spiro atoms. The predicted octanol–water partition coefficient (Wildman–Crippen LogP) is 4.44. The first-order valence-electron chi connectivity index (χ1n) is 1.71. The first-order valence-corrected chi connectivity index (χ1v) is 3.34. The summed E-state index contributed by atoms with van der Waals surface area (Å²) in [5.41, 5.74) is 0. The zero-order valence-corrected chi connectivity index (χ0v) is 12.5. The molecule has 0 rings (SSSR count). The summed E-state index contributed by atoms with van der Waals surface area (Å²) in [5, 5.41) is 33.9. The van der Waals surface area contributed by atoms with Gasteiger partial charge >= 0.3 is 17.4 Å². The largest absolute Gasteiger partial charge is 5.00 e. The second-order valence-electron chi connectivity index (χ2n) is 0.365. The van der Waals surface area contributed by atoms with Gasteiger partial charge < -0.3 is 40.1 Å². The number of isothiocyanates is 4. The molecule has 0 fully saturated rings. The minimum atomic E-state index is 0. The molecule has 0 bridgehead atoms. The zero-order chi connectivity index (χ0) is 10.8. The predicted molar refractivity (Wildman–Crippen MR) is 80.4 cm³/mol. The number of thiocarbonyl (C=S) groups is 4. The third-order valence-electron chi connectivity index (χ3n) is 0. The average molecular weight is 334 g/mol. The number of nitrogens with two attached hydrogens (primary N) is 2. The van der Waals surface area contributed by atoms with E-state index in [2.05, 4.69) is 48.9 Å². The Bertz CT molecular complexity index is 160. The SMILES string of the molecule is [Cr+5].[N-]=C=S.[N-]=C=S.[N-]=C=S.[N-]=C=S.[NH2-].[NH2-].[NH4+]. The van der Waals surface area contributed by atoms with E-state index < -0.39 is 0 Å². The zero-order valence-electron chi connectivity index (χ0n) is 7.98. The van der Waals surface area contributed by atoms with Gasteiger partial charge in [-0.25, -0.2) is 0 Å². The van der Waals surface area contributed by atoms with Crippen LogP contribution in [0.25, 0.3) is 33.9 Å². The van der Waals surface area contributed by atoms with Crippen LogP contribution in [0.15, 0.2) is 0 Å². The first-order chi connectivity index (χ1) is 5.66. The summed E-state index contributed by atoms with van der Waals surface area (Å²) in [7, 11) is 0. The van der Waals surface area contributed by atoms with Crippen LogP contribution in [0, 0.1) is 0 Å². The minimum absolute atomic E-state index is 0. The van der Waals surface area contributed by atoms with Gasteiger partial charge in [0.15, 0.2) is 0 Å². The molecule has 16 heavy (non-hydrogen) atoms. The molecule has 0 aromatic heterocycles. The van der Waals surface area contributed by atoms with Gasteiger partial charge in [0, 0.05) is 0 Å². The molecule has 0 aliphatic heterocycles. The van der Waals surface area contributed by atoms with Gasteiger partial charge in [-0.1, -0.05) is 48.9 Å². The number of quaternary nitrogens is 1. The van der Waals surface area contributed by atoms with E-state index in [1.165, 1.54) is 20.6 Å². The van der Waals surface area contributed by atoms with Crippen molar-refractivity contribution < 1.29 is 17.4 Å². The second kappa shape index (κ2) is 207.